The van der Waals surface area contributed by atoms with E-state index in [0.717, 1.165) is 13.1 Å². The Labute approximate surface area is 118 Å². The predicted octanol–water partition coefficient (Wildman–Crippen LogP) is 2.14. The number of esters is 1. The zero-order chi connectivity index (χ0) is 15.3. The van der Waals surface area contributed by atoms with E-state index in [9.17, 15) is 4.79 Å². The predicted molar refractivity (Wildman–Crippen MR) is 80.2 cm³/mol. The molecule has 0 rings (SSSR count). The topological polar surface area (TPSA) is 41.6 Å². The molecular formula is C15H32N2O2. The molecule has 19 heavy (non-hydrogen) atoms. The molecule has 0 radical (unpaired) electrons. The van der Waals surface area contributed by atoms with Gasteiger partial charge in [0, 0.05) is 19.6 Å². The van der Waals surface area contributed by atoms with Crippen LogP contribution in [0.3, 0.4) is 0 Å². The maximum absolute atomic E-state index is 11.8. The van der Waals surface area contributed by atoms with Crippen molar-refractivity contribution in [2.45, 2.75) is 47.1 Å². The van der Waals surface area contributed by atoms with Gasteiger partial charge in [-0.25, -0.2) is 0 Å². The largest absolute Gasteiger partial charge is 0.460 e. The van der Waals surface area contributed by atoms with Gasteiger partial charge in [-0.1, -0.05) is 20.8 Å². The molecule has 4 heteroatoms. The minimum absolute atomic E-state index is 0.116. The van der Waals surface area contributed by atoms with Gasteiger partial charge in [0.2, 0.25) is 0 Å². The third-order valence-electron chi connectivity index (χ3n) is 2.61. The molecule has 1 N–H and O–H groups in total. The Morgan fingerprint density at radius 1 is 1.21 bits per heavy atom. The Hall–Kier alpha value is -0.610. The highest BCUT2D eigenvalue weighted by Crippen LogP contribution is 2.15. The van der Waals surface area contributed by atoms with E-state index in [4.69, 9.17) is 4.74 Å². The normalized spacial score (nSPS) is 14.6. The molecule has 0 fully saturated rings. The fourth-order valence-electron chi connectivity index (χ4n) is 2.02. The number of rotatable bonds is 7. The highest BCUT2D eigenvalue weighted by Gasteiger charge is 2.23. The van der Waals surface area contributed by atoms with Crippen LogP contribution in [0.4, 0.5) is 0 Å². The van der Waals surface area contributed by atoms with Crippen LogP contribution < -0.4 is 5.32 Å². The summed E-state index contributed by atoms with van der Waals surface area (Å²) in [6.07, 6.45) is 0. The molecule has 0 amide bonds. The molecule has 0 spiro atoms. The summed E-state index contributed by atoms with van der Waals surface area (Å²) in [6.45, 7) is 14.6. The maximum Gasteiger partial charge on any atom is 0.310 e. The molecule has 0 saturated heterocycles. The first-order chi connectivity index (χ1) is 8.43. The van der Waals surface area contributed by atoms with E-state index in [1.54, 1.807) is 0 Å². The highest BCUT2D eigenvalue weighted by atomic mass is 16.6. The van der Waals surface area contributed by atoms with Crippen molar-refractivity contribution in [2.24, 2.45) is 11.3 Å². The van der Waals surface area contributed by atoms with Crippen molar-refractivity contribution in [3.05, 3.63) is 0 Å². The zero-order valence-corrected chi connectivity index (χ0v) is 14.0. The highest BCUT2D eigenvalue weighted by molar-refractivity contribution is 5.72. The summed E-state index contributed by atoms with van der Waals surface area (Å²) in [5.41, 5.74) is -0.216. The van der Waals surface area contributed by atoms with Crippen molar-refractivity contribution in [3.8, 4) is 0 Å². The second kappa shape index (κ2) is 7.25. The van der Waals surface area contributed by atoms with E-state index in [1.165, 1.54) is 0 Å². The van der Waals surface area contributed by atoms with Crippen LogP contribution in [-0.2, 0) is 9.53 Å². The van der Waals surface area contributed by atoms with Gasteiger partial charge in [0.1, 0.15) is 5.60 Å². The van der Waals surface area contributed by atoms with Crippen LogP contribution in [0.5, 0.6) is 0 Å². The average molecular weight is 272 g/mol. The van der Waals surface area contributed by atoms with Gasteiger partial charge in [-0.15, -0.1) is 0 Å². The average Bonchev–Trinajstić information content (AvgIpc) is 2.11. The standard InChI is InChI=1S/C15H32N2O2/c1-12(13(18)19-14(2,3)4)9-16-10-15(5,6)11-17(7)8/h12,16H,9-11H2,1-8H3/t12-/m1/s1. The number of nitrogens with one attached hydrogen (secondary N) is 1. The summed E-state index contributed by atoms with van der Waals surface area (Å²) < 4.78 is 5.36. The third kappa shape index (κ3) is 9.91. The van der Waals surface area contributed by atoms with Gasteiger partial charge < -0.3 is 15.0 Å². The summed E-state index contributed by atoms with van der Waals surface area (Å²) in [6, 6.07) is 0. The van der Waals surface area contributed by atoms with E-state index in [2.05, 4.69) is 38.2 Å². The van der Waals surface area contributed by atoms with Crippen molar-refractivity contribution in [2.75, 3.05) is 33.7 Å². The van der Waals surface area contributed by atoms with Gasteiger partial charge in [-0.3, -0.25) is 4.79 Å². The molecule has 0 heterocycles. The first-order valence-electron chi connectivity index (χ1n) is 7.01. The summed E-state index contributed by atoms with van der Waals surface area (Å²) >= 11 is 0. The quantitative estimate of drug-likeness (QED) is 0.721. The molecule has 0 aromatic heterocycles. The molecule has 0 unspecified atom stereocenters. The molecule has 0 bridgehead atoms. The van der Waals surface area contributed by atoms with Crippen LogP contribution in [0.2, 0.25) is 0 Å². The molecule has 0 aliphatic carbocycles. The van der Waals surface area contributed by atoms with Crippen molar-refractivity contribution in [3.63, 3.8) is 0 Å². The summed E-state index contributed by atoms with van der Waals surface area (Å²) in [7, 11) is 4.15. The number of ether oxygens (including phenoxy) is 1. The lowest BCUT2D eigenvalue weighted by Crippen LogP contribution is -2.40. The van der Waals surface area contributed by atoms with Gasteiger partial charge in [-0.2, -0.15) is 0 Å². The fourth-order valence-corrected chi connectivity index (χ4v) is 2.02. The summed E-state index contributed by atoms with van der Waals surface area (Å²) in [5.74, 6) is -0.250. The van der Waals surface area contributed by atoms with Gasteiger partial charge in [0.25, 0.3) is 0 Å². The molecular weight excluding hydrogens is 240 g/mol. The molecule has 4 nitrogen and oxygen atoms in total. The molecule has 0 saturated carbocycles. The lowest BCUT2D eigenvalue weighted by molar-refractivity contribution is -0.159. The zero-order valence-electron chi connectivity index (χ0n) is 14.0. The minimum Gasteiger partial charge on any atom is -0.460 e. The minimum atomic E-state index is -0.407. The lowest BCUT2D eigenvalue weighted by Gasteiger charge is -2.29. The van der Waals surface area contributed by atoms with E-state index in [1.807, 2.05) is 27.7 Å². The van der Waals surface area contributed by atoms with Crippen LogP contribution in [0.15, 0.2) is 0 Å². The maximum atomic E-state index is 11.8. The number of carbonyl (C=O) groups excluding carboxylic acids is 1. The van der Waals surface area contributed by atoms with Crippen molar-refractivity contribution in [1.82, 2.24) is 10.2 Å². The Balaban J connectivity index is 4.04. The number of hydrogen-bond acceptors (Lipinski definition) is 4. The van der Waals surface area contributed by atoms with Crippen LogP contribution in [0.1, 0.15) is 41.5 Å². The van der Waals surface area contributed by atoms with Gasteiger partial charge in [0.05, 0.1) is 5.92 Å². The Morgan fingerprint density at radius 2 is 1.74 bits per heavy atom. The molecule has 0 aromatic carbocycles. The van der Waals surface area contributed by atoms with E-state index < -0.39 is 5.60 Å². The Kier molecular flexibility index (Phi) is 7.01. The van der Waals surface area contributed by atoms with Crippen LogP contribution in [0, 0.1) is 11.3 Å². The first kappa shape index (κ1) is 18.4. The van der Waals surface area contributed by atoms with E-state index in [-0.39, 0.29) is 17.3 Å². The van der Waals surface area contributed by atoms with E-state index in [0.29, 0.717) is 6.54 Å². The van der Waals surface area contributed by atoms with Crippen molar-refractivity contribution >= 4 is 5.97 Å². The first-order valence-corrected chi connectivity index (χ1v) is 7.01. The molecule has 114 valence electrons. The van der Waals surface area contributed by atoms with Crippen LogP contribution in [-0.4, -0.2) is 50.2 Å². The molecule has 0 aromatic rings. The van der Waals surface area contributed by atoms with Crippen LogP contribution >= 0.6 is 0 Å². The Bertz CT molecular complexity index is 280. The second-order valence-electron chi connectivity index (χ2n) is 7.47. The third-order valence-corrected chi connectivity index (χ3v) is 2.61. The number of hydrogen-bond donors (Lipinski definition) is 1. The SMILES string of the molecule is C[C@H](CNCC(C)(C)CN(C)C)C(=O)OC(C)(C)C. The van der Waals surface area contributed by atoms with Crippen molar-refractivity contribution in [1.29, 1.82) is 0 Å². The number of carbonyl (C=O) groups is 1. The van der Waals surface area contributed by atoms with Crippen LogP contribution in [0.25, 0.3) is 0 Å². The van der Waals surface area contributed by atoms with Gasteiger partial charge in [-0.05, 0) is 40.3 Å². The van der Waals surface area contributed by atoms with E-state index >= 15 is 0 Å². The smallest absolute Gasteiger partial charge is 0.310 e. The fraction of sp³-hybridized carbons (Fsp3) is 0.933. The summed E-state index contributed by atoms with van der Waals surface area (Å²) in [4.78, 5) is 14.0. The lowest BCUT2D eigenvalue weighted by atomic mass is 9.93. The van der Waals surface area contributed by atoms with Gasteiger partial charge in [0.15, 0.2) is 0 Å². The number of nitrogens with zero attached hydrogens (tertiary/aromatic N) is 1. The monoisotopic (exact) mass is 272 g/mol. The van der Waals surface area contributed by atoms with Crippen molar-refractivity contribution < 1.29 is 9.53 Å². The molecule has 0 aliphatic heterocycles. The summed E-state index contributed by atoms with van der Waals surface area (Å²) in [5, 5.41) is 3.37. The second-order valence-corrected chi connectivity index (χ2v) is 7.47. The molecule has 1 atom stereocenters. The molecule has 0 aliphatic rings. The Morgan fingerprint density at radius 3 is 2.16 bits per heavy atom. The van der Waals surface area contributed by atoms with Gasteiger partial charge >= 0.3 is 5.97 Å².